The molecule has 164 valence electrons. The SMILES string of the molecule is CC(C)(NC(=O)Nc1ccc(Cl)cn1)C(=O)Nc1ccc(N2CCCCC2=O)cc1F. The van der Waals surface area contributed by atoms with Gasteiger partial charge in [0.25, 0.3) is 0 Å². The zero-order chi connectivity index (χ0) is 22.6. The second-order valence-corrected chi connectivity index (χ2v) is 8.12. The molecule has 1 saturated heterocycles. The summed E-state index contributed by atoms with van der Waals surface area (Å²) < 4.78 is 14.6. The molecule has 0 saturated carbocycles. The number of piperidine rings is 1. The van der Waals surface area contributed by atoms with E-state index in [9.17, 15) is 18.8 Å². The van der Waals surface area contributed by atoms with Gasteiger partial charge in [-0.1, -0.05) is 11.6 Å². The molecule has 0 atom stereocenters. The first-order valence-electron chi connectivity index (χ1n) is 9.78. The highest BCUT2D eigenvalue weighted by Crippen LogP contribution is 2.26. The Morgan fingerprint density at radius 3 is 2.58 bits per heavy atom. The predicted molar refractivity (Wildman–Crippen MR) is 117 cm³/mol. The summed E-state index contributed by atoms with van der Waals surface area (Å²) >= 11 is 5.75. The largest absolute Gasteiger partial charge is 0.324 e. The third kappa shape index (κ3) is 5.69. The molecular formula is C21H23ClFN5O3. The van der Waals surface area contributed by atoms with Crippen molar-refractivity contribution in [2.75, 3.05) is 22.1 Å². The minimum atomic E-state index is -1.36. The molecule has 0 spiro atoms. The number of halogens is 2. The number of hydrogen-bond acceptors (Lipinski definition) is 4. The first kappa shape index (κ1) is 22.5. The van der Waals surface area contributed by atoms with Crippen molar-refractivity contribution in [1.29, 1.82) is 0 Å². The number of pyridine rings is 1. The normalized spacial score (nSPS) is 14.2. The number of aromatic nitrogens is 1. The quantitative estimate of drug-likeness (QED) is 0.646. The fraction of sp³-hybridized carbons (Fsp3) is 0.333. The van der Waals surface area contributed by atoms with E-state index in [1.807, 2.05) is 0 Å². The van der Waals surface area contributed by atoms with Crippen LogP contribution in [-0.2, 0) is 9.59 Å². The summed E-state index contributed by atoms with van der Waals surface area (Å²) in [5.41, 5.74) is -0.954. The lowest BCUT2D eigenvalue weighted by atomic mass is 10.0. The number of carbonyl (C=O) groups excluding carboxylic acids is 3. The van der Waals surface area contributed by atoms with Crippen LogP contribution in [-0.4, -0.2) is 34.9 Å². The number of nitrogens with zero attached hydrogens (tertiary/aromatic N) is 2. The monoisotopic (exact) mass is 447 g/mol. The van der Waals surface area contributed by atoms with E-state index in [0.29, 0.717) is 23.7 Å². The molecule has 1 aliphatic rings. The van der Waals surface area contributed by atoms with Gasteiger partial charge in [-0.05, 0) is 57.0 Å². The average Bonchev–Trinajstić information content (AvgIpc) is 2.71. The molecule has 1 aromatic carbocycles. The van der Waals surface area contributed by atoms with Crippen LogP contribution in [0.1, 0.15) is 33.1 Å². The van der Waals surface area contributed by atoms with E-state index in [0.717, 1.165) is 12.8 Å². The van der Waals surface area contributed by atoms with E-state index < -0.39 is 23.3 Å². The molecule has 8 nitrogen and oxygen atoms in total. The maximum Gasteiger partial charge on any atom is 0.321 e. The molecular weight excluding hydrogens is 425 g/mol. The Labute approximate surface area is 184 Å². The van der Waals surface area contributed by atoms with Crippen LogP contribution in [0.25, 0.3) is 0 Å². The summed E-state index contributed by atoms with van der Waals surface area (Å²) in [6, 6.07) is 6.62. The van der Waals surface area contributed by atoms with Crippen molar-refractivity contribution in [3.8, 4) is 0 Å². The third-order valence-electron chi connectivity index (χ3n) is 4.80. The third-order valence-corrected chi connectivity index (χ3v) is 5.02. The van der Waals surface area contributed by atoms with Crippen molar-refractivity contribution < 1.29 is 18.8 Å². The van der Waals surface area contributed by atoms with Gasteiger partial charge in [0.1, 0.15) is 17.2 Å². The van der Waals surface area contributed by atoms with Gasteiger partial charge in [0.15, 0.2) is 0 Å². The van der Waals surface area contributed by atoms with Crippen LogP contribution in [0.4, 0.5) is 26.4 Å². The number of hydrogen-bond donors (Lipinski definition) is 3. The Bertz CT molecular complexity index is 997. The van der Waals surface area contributed by atoms with Gasteiger partial charge < -0.3 is 15.5 Å². The van der Waals surface area contributed by atoms with Crippen LogP contribution in [0.3, 0.4) is 0 Å². The topological polar surface area (TPSA) is 103 Å². The van der Waals surface area contributed by atoms with Crippen LogP contribution >= 0.6 is 11.6 Å². The molecule has 0 aliphatic carbocycles. The number of amides is 4. The minimum Gasteiger partial charge on any atom is -0.324 e. The summed E-state index contributed by atoms with van der Waals surface area (Å²) in [6.07, 6.45) is 3.50. The standard InChI is InChI=1S/C21H23ClFN5O3/c1-21(2,27-20(31)26-17-9-6-13(22)12-24-17)19(30)25-16-8-7-14(11-15(16)23)28-10-4-3-5-18(28)29/h6-9,11-12H,3-5,10H2,1-2H3,(H,25,30)(H2,24,26,27,31). The average molecular weight is 448 g/mol. The van der Waals surface area contributed by atoms with Crippen molar-refractivity contribution in [3.63, 3.8) is 0 Å². The second kappa shape index (κ2) is 9.30. The van der Waals surface area contributed by atoms with Gasteiger partial charge in [-0.3, -0.25) is 14.9 Å². The Morgan fingerprint density at radius 2 is 1.94 bits per heavy atom. The van der Waals surface area contributed by atoms with Crippen molar-refractivity contribution in [2.45, 2.75) is 38.6 Å². The molecule has 0 bridgehead atoms. The van der Waals surface area contributed by atoms with Gasteiger partial charge in [-0.15, -0.1) is 0 Å². The molecule has 0 unspecified atom stereocenters. The maximum absolute atomic E-state index is 14.6. The highest BCUT2D eigenvalue weighted by Gasteiger charge is 2.30. The fourth-order valence-electron chi connectivity index (χ4n) is 3.07. The van der Waals surface area contributed by atoms with Crippen LogP contribution in [0.15, 0.2) is 36.5 Å². The number of rotatable bonds is 5. The molecule has 4 amide bonds. The number of nitrogens with one attached hydrogen (secondary N) is 3. The lowest BCUT2D eigenvalue weighted by Crippen LogP contribution is -2.53. The van der Waals surface area contributed by atoms with Gasteiger partial charge in [0.05, 0.1) is 10.7 Å². The first-order valence-corrected chi connectivity index (χ1v) is 10.2. The molecule has 3 rings (SSSR count). The summed E-state index contributed by atoms with van der Waals surface area (Å²) in [7, 11) is 0. The number of anilines is 3. The zero-order valence-electron chi connectivity index (χ0n) is 17.2. The van der Waals surface area contributed by atoms with E-state index in [-0.39, 0.29) is 17.4 Å². The molecule has 1 aromatic heterocycles. The summed E-state index contributed by atoms with van der Waals surface area (Å²) in [5, 5.41) is 7.90. The summed E-state index contributed by atoms with van der Waals surface area (Å²) in [4.78, 5) is 42.4. The minimum absolute atomic E-state index is 0.0473. The Morgan fingerprint density at radius 1 is 1.16 bits per heavy atom. The van der Waals surface area contributed by atoms with Gasteiger partial charge in [-0.25, -0.2) is 14.2 Å². The lowest BCUT2D eigenvalue weighted by Gasteiger charge is -2.27. The lowest BCUT2D eigenvalue weighted by molar-refractivity contribution is -0.121. The Hall–Kier alpha value is -3.20. The number of benzene rings is 1. The van der Waals surface area contributed by atoms with Crippen molar-refractivity contribution in [3.05, 3.63) is 47.4 Å². The Kier molecular flexibility index (Phi) is 6.74. The smallest absolute Gasteiger partial charge is 0.321 e. The molecule has 1 fully saturated rings. The van der Waals surface area contributed by atoms with Crippen LogP contribution in [0, 0.1) is 5.82 Å². The number of carbonyl (C=O) groups is 3. The van der Waals surface area contributed by atoms with E-state index in [1.165, 1.54) is 38.2 Å². The van der Waals surface area contributed by atoms with Gasteiger partial charge in [0.2, 0.25) is 11.8 Å². The molecule has 1 aliphatic heterocycles. The van der Waals surface area contributed by atoms with Crippen molar-refractivity contribution >= 4 is 46.6 Å². The number of urea groups is 1. The Balaban J connectivity index is 1.63. The van der Waals surface area contributed by atoms with Crippen molar-refractivity contribution in [1.82, 2.24) is 10.3 Å². The molecule has 2 aromatic rings. The highest BCUT2D eigenvalue weighted by atomic mass is 35.5. The fourth-order valence-corrected chi connectivity index (χ4v) is 3.18. The molecule has 2 heterocycles. The summed E-state index contributed by atoms with van der Waals surface area (Å²) in [6.45, 7) is 3.50. The van der Waals surface area contributed by atoms with E-state index in [1.54, 1.807) is 17.0 Å². The van der Waals surface area contributed by atoms with Gasteiger partial charge in [-0.2, -0.15) is 0 Å². The van der Waals surface area contributed by atoms with Gasteiger partial charge in [0, 0.05) is 24.8 Å². The van der Waals surface area contributed by atoms with Crippen molar-refractivity contribution in [2.24, 2.45) is 0 Å². The maximum atomic E-state index is 14.6. The molecule has 31 heavy (non-hydrogen) atoms. The second-order valence-electron chi connectivity index (χ2n) is 7.69. The molecule has 10 heteroatoms. The molecule has 3 N–H and O–H groups in total. The van der Waals surface area contributed by atoms with Gasteiger partial charge >= 0.3 is 6.03 Å². The van der Waals surface area contributed by atoms with E-state index >= 15 is 0 Å². The molecule has 0 radical (unpaired) electrons. The summed E-state index contributed by atoms with van der Waals surface area (Å²) in [5.74, 6) is -1.08. The van der Waals surface area contributed by atoms with Crippen LogP contribution < -0.4 is 20.9 Å². The first-order chi connectivity index (χ1) is 14.7. The van der Waals surface area contributed by atoms with E-state index in [4.69, 9.17) is 11.6 Å². The van der Waals surface area contributed by atoms with E-state index in [2.05, 4.69) is 20.9 Å². The zero-order valence-corrected chi connectivity index (χ0v) is 17.9. The van der Waals surface area contributed by atoms with Crippen LogP contribution in [0.2, 0.25) is 5.02 Å². The van der Waals surface area contributed by atoms with Crippen LogP contribution in [0.5, 0.6) is 0 Å². The predicted octanol–water partition coefficient (Wildman–Crippen LogP) is 3.93. The highest BCUT2D eigenvalue weighted by molar-refractivity contribution is 6.30.